The third kappa shape index (κ3) is 4.07. The molecule has 1 aliphatic carbocycles. The van der Waals surface area contributed by atoms with Gasteiger partial charge in [0.2, 0.25) is 0 Å². The summed E-state index contributed by atoms with van der Waals surface area (Å²) in [5, 5.41) is 12.6. The Morgan fingerprint density at radius 1 is 1.38 bits per heavy atom. The fraction of sp³-hybridized carbons (Fsp3) is 0.706. The van der Waals surface area contributed by atoms with Crippen LogP contribution in [0.4, 0.5) is 0 Å². The molecule has 2 unspecified atom stereocenters. The minimum atomic E-state index is 0.0439. The lowest BCUT2D eigenvalue weighted by atomic mass is 9.85. The number of nitrogens with one attached hydrogen (secondary N) is 1. The van der Waals surface area contributed by atoms with E-state index in [1.807, 2.05) is 0 Å². The van der Waals surface area contributed by atoms with Crippen molar-refractivity contribution in [3.8, 4) is 0 Å². The molecular weight excluding hydrogens is 282 g/mol. The number of amides is 1. The molecule has 1 aromatic heterocycles. The molecule has 118 valence electrons. The number of hydrogen-bond acceptors (Lipinski definition) is 3. The van der Waals surface area contributed by atoms with Crippen molar-refractivity contribution in [2.75, 3.05) is 6.61 Å². The van der Waals surface area contributed by atoms with E-state index in [1.54, 1.807) is 11.3 Å². The minimum Gasteiger partial charge on any atom is -0.396 e. The number of aliphatic hydroxyl groups excluding tert-OH is 1. The SMILES string of the molecule is CCCc1sc(C(=O)NC2CCCCC2CO)cc1CC. The molecule has 1 aromatic rings. The van der Waals surface area contributed by atoms with Crippen molar-refractivity contribution >= 4 is 17.2 Å². The van der Waals surface area contributed by atoms with Crippen LogP contribution in [0.1, 0.15) is 66.1 Å². The second-order valence-corrected chi connectivity index (χ2v) is 7.11. The lowest BCUT2D eigenvalue weighted by molar-refractivity contribution is 0.0876. The van der Waals surface area contributed by atoms with Crippen molar-refractivity contribution in [3.63, 3.8) is 0 Å². The van der Waals surface area contributed by atoms with Crippen LogP contribution < -0.4 is 5.32 Å². The number of rotatable bonds is 6. The average Bonchev–Trinajstić information content (AvgIpc) is 2.91. The molecule has 2 atom stereocenters. The maximum absolute atomic E-state index is 12.5. The van der Waals surface area contributed by atoms with Gasteiger partial charge in [-0.15, -0.1) is 11.3 Å². The second kappa shape index (κ2) is 7.95. The summed E-state index contributed by atoms with van der Waals surface area (Å²) in [5.74, 6) is 0.269. The van der Waals surface area contributed by atoms with Gasteiger partial charge in [0.05, 0.1) is 4.88 Å². The molecule has 2 N–H and O–H groups in total. The molecule has 0 spiro atoms. The molecular formula is C17H27NO2S. The Kier molecular flexibility index (Phi) is 6.24. The van der Waals surface area contributed by atoms with E-state index in [1.165, 1.54) is 10.4 Å². The number of hydrogen-bond donors (Lipinski definition) is 2. The van der Waals surface area contributed by atoms with Crippen LogP contribution >= 0.6 is 11.3 Å². The summed E-state index contributed by atoms with van der Waals surface area (Å²) < 4.78 is 0. The lowest BCUT2D eigenvalue weighted by Gasteiger charge is -2.30. The van der Waals surface area contributed by atoms with Gasteiger partial charge in [-0.25, -0.2) is 0 Å². The Hall–Kier alpha value is -0.870. The summed E-state index contributed by atoms with van der Waals surface area (Å²) in [6.07, 6.45) is 7.48. The molecule has 0 radical (unpaired) electrons. The van der Waals surface area contributed by atoms with Gasteiger partial charge in [-0.1, -0.05) is 33.1 Å². The molecule has 3 nitrogen and oxygen atoms in total. The van der Waals surface area contributed by atoms with Crippen molar-refractivity contribution in [2.45, 2.75) is 64.8 Å². The zero-order chi connectivity index (χ0) is 15.2. The Morgan fingerprint density at radius 2 is 2.14 bits per heavy atom. The largest absolute Gasteiger partial charge is 0.396 e. The fourth-order valence-corrected chi connectivity index (χ4v) is 4.43. The van der Waals surface area contributed by atoms with Crippen molar-refractivity contribution in [1.82, 2.24) is 5.32 Å². The van der Waals surface area contributed by atoms with Gasteiger partial charge in [0, 0.05) is 23.4 Å². The highest BCUT2D eigenvalue weighted by molar-refractivity contribution is 7.14. The van der Waals surface area contributed by atoms with Crippen molar-refractivity contribution in [3.05, 3.63) is 21.4 Å². The maximum atomic E-state index is 12.5. The summed E-state index contributed by atoms with van der Waals surface area (Å²) in [5.41, 5.74) is 1.31. The number of carbonyl (C=O) groups excluding carboxylic acids is 1. The molecule has 2 rings (SSSR count). The first kappa shape index (κ1) is 16.5. The van der Waals surface area contributed by atoms with E-state index < -0.39 is 0 Å². The fourth-order valence-electron chi connectivity index (χ4n) is 3.17. The molecule has 4 heteroatoms. The van der Waals surface area contributed by atoms with Gasteiger partial charge in [0.15, 0.2) is 0 Å². The smallest absolute Gasteiger partial charge is 0.261 e. The highest BCUT2D eigenvalue weighted by Gasteiger charge is 2.26. The summed E-state index contributed by atoms with van der Waals surface area (Å²) >= 11 is 1.64. The summed E-state index contributed by atoms with van der Waals surface area (Å²) in [6.45, 7) is 4.50. The monoisotopic (exact) mass is 309 g/mol. The Bertz CT molecular complexity index is 469. The van der Waals surface area contributed by atoms with Gasteiger partial charge in [0.1, 0.15) is 0 Å². The molecule has 1 heterocycles. The van der Waals surface area contributed by atoms with E-state index in [0.29, 0.717) is 0 Å². The van der Waals surface area contributed by atoms with Crippen molar-refractivity contribution < 1.29 is 9.90 Å². The van der Waals surface area contributed by atoms with Crippen LogP contribution in [0.3, 0.4) is 0 Å². The predicted molar refractivity (Wildman–Crippen MR) is 88.0 cm³/mol. The van der Waals surface area contributed by atoms with Gasteiger partial charge >= 0.3 is 0 Å². The summed E-state index contributed by atoms with van der Waals surface area (Å²) in [6, 6.07) is 2.19. The summed E-state index contributed by atoms with van der Waals surface area (Å²) in [7, 11) is 0. The predicted octanol–water partition coefficient (Wildman–Crippen LogP) is 3.54. The first-order chi connectivity index (χ1) is 10.2. The van der Waals surface area contributed by atoms with E-state index >= 15 is 0 Å². The molecule has 1 aliphatic rings. The van der Waals surface area contributed by atoms with E-state index in [0.717, 1.165) is 49.8 Å². The second-order valence-electron chi connectivity index (χ2n) is 5.97. The number of aryl methyl sites for hydroxylation is 2. The van der Waals surface area contributed by atoms with Gasteiger partial charge in [-0.05, 0) is 37.3 Å². The lowest BCUT2D eigenvalue weighted by Crippen LogP contribution is -2.43. The Balaban J connectivity index is 2.05. The van der Waals surface area contributed by atoms with E-state index in [2.05, 4.69) is 25.2 Å². The number of thiophene rings is 1. The molecule has 0 aromatic carbocycles. The van der Waals surface area contributed by atoms with Crippen LogP contribution in [0, 0.1) is 5.92 Å². The van der Waals surface area contributed by atoms with Crippen molar-refractivity contribution in [1.29, 1.82) is 0 Å². The third-order valence-corrected chi connectivity index (χ3v) is 5.67. The number of carbonyl (C=O) groups is 1. The maximum Gasteiger partial charge on any atom is 0.261 e. The highest BCUT2D eigenvalue weighted by Crippen LogP contribution is 2.27. The van der Waals surface area contributed by atoms with Crippen LogP contribution in [0.15, 0.2) is 6.07 Å². The third-order valence-electron chi connectivity index (χ3n) is 4.44. The molecule has 1 fully saturated rings. The van der Waals surface area contributed by atoms with Crippen LogP contribution in [-0.2, 0) is 12.8 Å². The Labute approximate surface area is 131 Å². The zero-order valence-electron chi connectivity index (χ0n) is 13.2. The first-order valence-electron chi connectivity index (χ1n) is 8.22. The van der Waals surface area contributed by atoms with Crippen LogP contribution in [0.2, 0.25) is 0 Å². The Morgan fingerprint density at radius 3 is 2.81 bits per heavy atom. The molecule has 0 bridgehead atoms. The van der Waals surface area contributed by atoms with Crippen LogP contribution in [0.25, 0.3) is 0 Å². The van der Waals surface area contributed by atoms with E-state index in [9.17, 15) is 9.90 Å². The normalized spacial score (nSPS) is 22.2. The zero-order valence-corrected chi connectivity index (χ0v) is 14.0. The molecule has 0 aliphatic heterocycles. The van der Waals surface area contributed by atoms with Gasteiger partial charge in [0.25, 0.3) is 5.91 Å². The molecule has 1 amide bonds. The van der Waals surface area contributed by atoms with Gasteiger partial charge < -0.3 is 10.4 Å². The summed E-state index contributed by atoms with van der Waals surface area (Å²) in [4.78, 5) is 14.7. The molecule has 21 heavy (non-hydrogen) atoms. The van der Waals surface area contributed by atoms with E-state index in [-0.39, 0.29) is 24.5 Å². The first-order valence-corrected chi connectivity index (χ1v) is 9.04. The van der Waals surface area contributed by atoms with Crippen molar-refractivity contribution in [2.24, 2.45) is 5.92 Å². The van der Waals surface area contributed by atoms with Crippen LogP contribution in [-0.4, -0.2) is 23.7 Å². The van der Waals surface area contributed by atoms with Crippen LogP contribution in [0.5, 0.6) is 0 Å². The quantitative estimate of drug-likeness (QED) is 0.844. The van der Waals surface area contributed by atoms with Gasteiger partial charge in [-0.2, -0.15) is 0 Å². The standard InChI is InChI=1S/C17H27NO2S/c1-3-7-15-12(4-2)10-16(21-15)17(20)18-14-9-6-5-8-13(14)11-19/h10,13-14,19H,3-9,11H2,1-2H3,(H,18,20). The molecule has 1 saturated carbocycles. The van der Waals surface area contributed by atoms with E-state index in [4.69, 9.17) is 0 Å². The highest BCUT2D eigenvalue weighted by atomic mass is 32.1. The number of aliphatic hydroxyl groups is 1. The topological polar surface area (TPSA) is 49.3 Å². The molecule has 0 saturated heterocycles. The average molecular weight is 309 g/mol. The van der Waals surface area contributed by atoms with Gasteiger partial charge in [-0.3, -0.25) is 4.79 Å². The minimum absolute atomic E-state index is 0.0439.